The standard InChI is InChI=1S/C15H19ClN2O/c1-19-13-5-4-12-14(15(13)16)11(10-17-12)6-9-18-7-2-3-8-18/h4-5,10,17H,2-3,6-9H2,1H3. The van der Waals surface area contributed by atoms with Crippen LogP contribution in [0.2, 0.25) is 5.02 Å². The lowest BCUT2D eigenvalue weighted by Gasteiger charge is -2.14. The predicted molar refractivity (Wildman–Crippen MR) is 79.2 cm³/mol. The fourth-order valence-corrected chi connectivity index (χ4v) is 3.23. The molecular formula is C15H19ClN2O. The van der Waals surface area contributed by atoms with E-state index in [1.807, 2.05) is 12.1 Å². The minimum Gasteiger partial charge on any atom is -0.495 e. The van der Waals surface area contributed by atoms with Crippen LogP contribution in [0.3, 0.4) is 0 Å². The maximum absolute atomic E-state index is 6.43. The lowest BCUT2D eigenvalue weighted by atomic mass is 10.1. The molecule has 1 aliphatic heterocycles. The number of fused-ring (bicyclic) bond motifs is 1. The number of likely N-dealkylation sites (tertiary alicyclic amines) is 1. The summed E-state index contributed by atoms with van der Waals surface area (Å²) in [4.78, 5) is 5.82. The number of halogens is 1. The van der Waals surface area contributed by atoms with Crippen LogP contribution in [0.5, 0.6) is 5.75 Å². The summed E-state index contributed by atoms with van der Waals surface area (Å²) in [6.45, 7) is 3.58. The Balaban J connectivity index is 1.86. The zero-order valence-electron chi connectivity index (χ0n) is 11.2. The van der Waals surface area contributed by atoms with E-state index < -0.39 is 0 Å². The van der Waals surface area contributed by atoms with Crippen LogP contribution in [-0.4, -0.2) is 36.6 Å². The molecule has 0 radical (unpaired) electrons. The Hall–Kier alpha value is -1.19. The molecule has 3 nitrogen and oxygen atoms in total. The van der Waals surface area contributed by atoms with Crippen LogP contribution in [0.25, 0.3) is 10.9 Å². The Labute approximate surface area is 118 Å². The topological polar surface area (TPSA) is 28.3 Å². The highest BCUT2D eigenvalue weighted by molar-refractivity contribution is 6.37. The van der Waals surface area contributed by atoms with E-state index in [2.05, 4.69) is 16.1 Å². The van der Waals surface area contributed by atoms with Crippen LogP contribution in [0.1, 0.15) is 18.4 Å². The second-order valence-corrected chi connectivity index (χ2v) is 5.49. The van der Waals surface area contributed by atoms with Crippen molar-refractivity contribution in [3.05, 3.63) is 28.9 Å². The number of benzene rings is 1. The molecule has 1 fully saturated rings. The van der Waals surface area contributed by atoms with Gasteiger partial charge in [-0.2, -0.15) is 0 Å². The molecule has 0 amide bonds. The molecule has 3 rings (SSSR count). The number of nitrogens with one attached hydrogen (secondary N) is 1. The average Bonchev–Trinajstić information content (AvgIpc) is 3.06. The summed E-state index contributed by atoms with van der Waals surface area (Å²) >= 11 is 6.43. The van der Waals surface area contributed by atoms with Gasteiger partial charge in [-0.05, 0) is 50.0 Å². The highest BCUT2D eigenvalue weighted by Crippen LogP contribution is 2.34. The number of ether oxygens (including phenoxy) is 1. The van der Waals surface area contributed by atoms with Gasteiger partial charge in [0.25, 0.3) is 0 Å². The Morgan fingerprint density at radius 1 is 1.32 bits per heavy atom. The third-order valence-electron chi connectivity index (χ3n) is 3.95. The first-order valence-electron chi connectivity index (χ1n) is 6.84. The smallest absolute Gasteiger partial charge is 0.138 e. The Bertz CT molecular complexity index is 573. The van der Waals surface area contributed by atoms with E-state index in [-0.39, 0.29) is 0 Å². The van der Waals surface area contributed by atoms with E-state index >= 15 is 0 Å². The molecule has 1 aromatic carbocycles. The molecule has 4 heteroatoms. The van der Waals surface area contributed by atoms with Gasteiger partial charge in [-0.3, -0.25) is 0 Å². The molecule has 1 saturated heterocycles. The first kappa shape index (κ1) is 12.8. The van der Waals surface area contributed by atoms with Crippen molar-refractivity contribution in [1.82, 2.24) is 9.88 Å². The van der Waals surface area contributed by atoms with Gasteiger partial charge < -0.3 is 14.6 Å². The fourth-order valence-electron chi connectivity index (χ4n) is 2.87. The van der Waals surface area contributed by atoms with E-state index in [0.717, 1.165) is 34.6 Å². The third-order valence-corrected chi connectivity index (χ3v) is 4.32. The number of aromatic amines is 1. The summed E-state index contributed by atoms with van der Waals surface area (Å²) in [5.41, 5.74) is 2.37. The van der Waals surface area contributed by atoms with E-state index in [0.29, 0.717) is 0 Å². The largest absolute Gasteiger partial charge is 0.495 e. The SMILES string of the molecule is COc1ccc2[nH]cc(CCN3CCCC3)c2c1Cl. The molecule has 0 atom stereocenters. The molecule has 0 aliphatic carbocycles. The molecule has 1 N–H and O–H groups in total. The van der Waals surface area contributed by atoms with Crippen LogP contribution >= 0.6 is 11.6 Å². The normalized spacial score (nSPS) is 16.3. The van der Waals surface area contributed by atoms with Gasteiger partial charge >= 0.3 is 0 Å². The predicted octanol–water partition coefficient (Wildman–Crippen LogP) is 3.47. The zero-order valence-corrected chi connectivity index (χ0v) is 12.0. The number of aromatic nitrogens is 1. The zero-order chi connectivity index (χ0) is 13.2. The number of methoxy groups -OCH3 is 1. The van der Waals surface area contributed by atoms with Gasteiger partial charge in [-0.25, -0.2) is 0 Å². The average molecular weight is 279 g/mol. The number of H-pyrrole nitrogens is 1. The van der Waals surface area contributed by atoms with Crippen molar-refractivity contribution in [3.63, 3.8) is 0 Å². The molecule has 0 spiro atoms. The van der Waals surface area contributed by atoms with Crippen LogP contribution in [0.4, 0.5) is 0 Å². The van der Waals surface area contributed by atoms with Gasteiger partial charge in [0.1, 0.15) is 5.75 Å². The lowest BCUT2D eigenvalue weighted by Crippen LogP contribution is -2.21. The van der Waals surface area contributed by atoms with Crippen LogP contribution in [-0.2, 0) is 6.42 Å². The van der Waals surface area contributed by atoms with E-state index in [9.17, 15) is 0 Å². The maximum Gasteiger partial charge on any atom is 0.138 e. The molecule has 2 aromatic rings. The Kier molecular flexibility index (Phi) is 3.67. The summed E-state index contributed by atoms with van der Waals surface area (Å²) in [5, 5.41) is 1.83. The molecule has 19 heavy (non-hydrogen) atoms. The van der Waals surface area contributed by atoms with Crippen molar-refractivity contribution < 1.29 is 4.74 Å². The van der Waals surface area contributed by atoms with E-state index in [1.54, 1.807) is 7.11 Å². The Morgan fingerprint density at radius 3 is 2.84 bits per heavy atom. The highest BCUT2D eigenvalue weighted by Gasteiger charge is 2.15. The minimum atomic E-state index is 0.720. The molecular weight excluding hydrogens is 260 g/mol. The molecule has 0 bridgehead atoms. The number of hydrogen-bond donors (Lipinski definition) is 1. The second-order valence-electron chi connectivity index (χ2n) is 5.12. The molecule has 0 saturated carbocycles. The van der Waals surface area contributed by atoms with Crippen LogP contribution < -0.4 is 4.74 Å². The van der Waals surface area contributed by atoms with Crippen molar-refractivity contribution in [3.8, 4) is 5.75 Å². The van der Waals surface area contributed by atoms with Gasteiger partial charge in [0.15, 0.2) is 0 Å². The number of nitrogens with zero attached hydrogens (tertiary/aromatic N) is 1. The third kappa shape index (κ3) is 2.45. The second kappa shape index (κ2) is 5.43. The van der Waals surface area contributed by atoms with Gasteiger partial charge in [0.05, 0.1) is 12.1 Å². The first-order chi connectivity index (χ1) is 9.29. The lowest BCUT2D eigenvalue weighted by molar-refractivity contribution is 0.344. The Morgan fingerprint density at radius 2 is 2.11 bits per heavy atom. The maximum atomic E-state index is 6.43. The molecule has 1 aliphatic rings. The number of hydrogen-bond acceptors (Lipinski definition) is 2. The van der Waals surface area contributed by atoms with Crippen molar-refractivity contribution >= 4 is 22.5 Å². The van der Waals surface area contributed by atoms with Crippen molar-refractivity contribution in [1.29, 1.82) is 0 Å². The van der Waals surface area contributed by atoms with Crippen LogP contribution in [0, 0.1) is 0 Å². The molecule has 0 unspecified atom stereocenters. The van der Waals surface area contributed by atoms with Crippen LogP contribution in [0.15, 0.2) is 18.3 Å². The quantitative estimate of drug-likeness (QED) is 0.928. The summed E-state index contributed by atoms with van der Waals surface area (Å²) in [7, 11) is 1.66. The highest BCUT2D eigenvalue weighted by atomic mass is 35.5. The van der Waals surface area contributed by atoms with Gasteiger partial charge in [0.2, 0.25) is 0 Å². The van der Waals surface area contributed by atoms with Crippen molar-refractivity contribution in [2.24, 2.45) is 0 Å². The summed E-state index contributed by atoms with van der Waals surface area (Å²) in [5.74, 6) is 0.746. The summed E-state index contributed by atoms with van der Waals surface area (Å²) in [6, 6.07) is 3.94. The monoisotopic (exact) mass is 278 g/mol. The van der Waals surface area contributed by atoms with Gasteiger partial charge in [-0.1, -0.05) is 11.6 Å². The minimum absolute atomic E-state index is 0.720. The van der Waals surface area contributed by atoms with Gasteiger partial charge in [0, 0.05) is 23.6 Å². The molecule has 102 valence electrons. The van der Waals surface area contributed by atoms with Gasteiger partial charge in [-0.15, -0.1) is 0 Å². The van der Waals surface area contributed by atoms with Crippen molar-refractivity contribution in [2.75, 3.05) is 26.7 Å². The number of rotatable bonds is 4. The van der Waals surface area contributed by atoms with Crippen molar-refractivity contribution in [2.45, 2.75) is 19.3 Å². The fraction of sp³-hybridized carbons (Fsp3) is 0.467. The molecule has 2 heterocycles. The molecule has 1 aromatic heterocycles. The van der Waals surface area contributed by atoms with E-state index in [4.69, 9.17) is 16.3 Å². The first-order valence-corrected chi connectivity index (χ1v) is 7.22. The van der Waals surface area contributed by atoms with E-state index in [1.165, 1.54) is 31.5 Å². The summed E-state index contributed by atoms with van der Waals surface area (Å²) in [6.07, 6.45) is 5.78. The summed E-state index contributed by atoms with van der Waals surface area (Å²) < 4.78 is 5.30.